The normalized spacial score (nSPS) is 17.9. The molecule has 3 nitrogen and oxygen atoms in total. The summed E-state index contributed by atoms with van der Waals surface area (Å²) in [6, 6.07) is 8.97. The second kappa shape index (κ2) is 6.76. The number of nitrogens with one attached hydrogen (secondary N) is 1. The molecule has 1 aliphatic rings. The van der Waals surface area contributed by atoms with Crippen LogP contribution < -0.4 is 10.1 Å². The van der Waals surface area contributed by atoms with Crippen LogP contribution in [0.2, 0.25) is 0 Å². The summed E-state index contributed by atoms with van der Waals surface area (Å²) in [6.07, 6.45) is 3.57. The fraction of sp³-hybridized carbons (Fsp3) is 0.600. The number of piperidine rings is 1. The predicted octanol–water partition coefficient (Wildman–Crippen LogP) is 1.92. The summed E-state index contributed by atoms with van der Waals surface area (Å²) in [5.74, 6) is 1.00. The zero-order valence-electron chi connectivity index (χ0n) is 11.5. The molecular formula is C15H24N2O. The fourth-order valence-electron chi connectivity index (χ4n) is 2.53. The van der Waals surface area contributed by atoms with E-state index in [1.165, 1.54) is 31.5 Å². The minimum absolute atomic E-state index is 0.691. The van der Waals surface area contributed by atoms with Crippen molar-refractivity contribution in [2.24, 2.45) is 0 Å². The smallest absolute Gasteiger partial charge is 0.122 e. The minimum Gasteiger partial charge on any atom is -0.496 e. The van der Waals surface area contributed by atoms with Crippen molar-refractivity contribution in [2.75, 3.05) is 33.8 Å². The fourth-order valence-corrected chi connectivity index (χ4v) is 2.53. The van der Waals surface area contributed by atoms with Gasteiger partial charge in [0.15, 0.2) is 0 Å². The molecule has 0 spiro atoms. The van der Waals surface area contributed by atoms with Gasteiger partial charge >= 0.3 is 0 Å². The van der Waals surface area contributed by atoms with Gasteiger partial charge in [-0.3, -0.25) is 0 Å². The molecule has 0 bridgehead atoms. The number of para-hydroxylation sites is 1. The Bertz CT molecular complexity index is 359. The lowest BCUT2D eigenvalue weighted by Gasteiger charge is -2.29. The number of hydrogen-bond donors (Lipinski definition) is 1. The van der Waals surface area contributed by atoms with Gasteiger partial charge in [-0.15, -0.1) is 0 Å². The second-order valence-electron chi connectivity index (χ2n) is 5.09. The number of ether oxygens (including phenoxy) is 1. The van der Waals surface area contributed by atoms with E-state index in [2.05, 4.69) is 29.4 Å². The Labute approximate surface area is 110 Å². The van der Waals surface area contributed by atoms with Crippen molar-refractivity contribution in [3.05, 3.63) is 29.8 Å². The van der Waals surface area contributed by atoms with Crippen molar-refractivity contribution in [1.29, 1.82) is 0 Å². The Hall–Kier alpha value is -1.06. The van der Waals surface area contributed by atoms with Crippen LogP contribution in [0.1, 0.15) is 18.4 Å². The molecule has 1 N–H and O–H groups in total. The van der Waals surface area contributed by atoms with Crippen molar-refractivity contribution < 1.29 is 4.74 Å². The van der Waals surface area contributed by atoms with E-state index in [0.29, 0.717) is 6.04 Å². The van der Waals surface area contributed by atoms with Crippen LogP contribution in [0.25, 0.3) is 0 Å². The molecule has 1 aromatic carbocycles. The van der Waals surface area contributed by atoms with Crippen molar-refractivity contribution in [2.45, 2.75) is 25.3 Å². The zero-order valence-corrected chi connectivity index (χ0v) is 11.5. The lowest BCUT2D eigenvalue weighted by atomic mass is 10.0. The van der Waals surface area contributed by atoms with E-state index in [0.717, 1.165) is 18.7 Å². The highest BCUT2D eigenvalue weighted by Crippen LogP contribution is 2.17. The molecular weight excluding hydrogens is 224 g/mol. The molecule has 1 saturated heterocycles. The van der Waals surface area contributed by atoms with Crippen LogP contribution in [0.4, 0.5) is 0 Å². The van der Waals surface area contributed by atoms with Crippen LogP contribution in [0.3, 0.4) is 0 Å². The molecule has 0 aliphatic carbocycles. The number of benzene rings is 1. The van der Waals surface area contributed by atoms with E-state index >= 15 is 0 Å². The van der Waals surface area contributed by atoms with Crippen LogP contribution in [0.5, 0.6) is 5.75 Å². The van der Waals surface area contributed by atoms with E-state index in [-0.39, 0.29) is 0 Å². The van der Waals surface area contributed by atoms with E-state index < -0.39 is 0 Å². The van der Waals surface area contributed by atoms with Crippen molar-refractivity contribution in [3.63, 3.8) is 0 Å². The van der Waals surface area contributed by atoms with Gasteiger partial charge in [0.25, 0.3) is 0 Å². The zero-order chi connectivity index (χ0) is 12.8. The van der Waals surface area contributed by atoms with Crippen LogP contribution >= 0.6 is 0 Å². The summed E-state index contributed by atoms with van der Waals surface area (Å²) in [4.78, 5) is 2.40. The van der Waals surface area contributed by atoms with Crippen molar-refractivity contribution >= 4 is 0 Å². The predicted molar refractivity (Wildman–Crippen MR) is 75.2 cm³/mol. The largest absolute Gasteiger partial charge is 0.496 e. The molecule has 100 valence electrons. The summed E-state index contributed by atoms with van der Waals surface area (Å²) >= 11 is 0. The van der Waals surface area contributed by atoms with Crippen LogP contribution in [0, 0.1) is 0 Å². The Morgan fingerprint density at radius 2 is 2.00 bits per heavy atom. The Morgan fingerprint density at radius 3 is 2.72 bits per heavy atom. The quantitative estimate of drug-likeness (QED) is 0.861. The van der Waals surface area contributed by atoms with Gasteiger partial charge in [0, 0.05) is 6.04 Å². The molecule has 0 saturated carbocycles. The summed E-state index contributed by atoms with van der Waals surface area (Å²) in [5, 5.41) is 3.66. The summed E-state index contributed by atoms with van der Waals surface area (Å²) in [5.41, 5.74) is 1.29. The Balaban J connectivity index is 1.75. The lowest BCUT2D eigenvalue weighted by molar-refractivity contribution is 0.235. The standard InChI is InChI=1S/C15H24N2O/c1-17-11-8-14(9-12-17)16-10-7-13-5-3-4-6-15(13)18-2/h3-6,14,16H,7-12H2,1-2H3. The van der Waals surface area contributed by atoms with E-state index in [1.54, 1.807) is 7.11 Å². The van der Waals surface area contributed by atoms with Crippen LogP contribution in [0.15, 0.2) is 24.3 Å². The molecule has 1 fully saturated rings. The third-order valence-electron chi connectivity index (χ3n) is 3.74. The second-order valence-corrected chi connectivity index (χ2v) is 5.09. The Morgan fingerprint density at radius 1 is 1.28 bits per heavy atom. The van der Waals surface area contributed by atoms with Crippen molar-refractivity contribution in [1.82, 2.24) is 10.2 Å². The molecule has 1 aromatic rings. The maximum Gasteiger partial charge on any atom is 0.122 e. The first-order valence-electron chi connectivity index (χ1n) is 6.83. The van der Waals surface area contributed by atoms with Gasteiger partial charge in [-0.05, 0) is 57.6 Å². The summed E-state index contributed by atoms with van der Waals surface area (Å²) in [7, 11) is 3.94. The summed E-state index contributed by atoms with van der Waals surface area (Å²) in [6.45, 7) is 3.47. The van der Waals surface area contributed by atoms with Gasteiger partial charge in [0.2, 0.25) is 0 Å². The third kappa shape index (κ3) is 3.72. The van der Waals surface area contributed by atoms with Gasteiger partial charge in [0.05, 0.1) is 7.11 Å². The average molecular weight is 248 g/mol. The monoisotopic (exact) mass is 248 g/mol. The van der Waals surface area contributed by atoms with E-state index in [1.807, 2.05) is 12.1 Å². The molecule has 0 aromatic heterocycles. The minimum atomic E-state index is 0.691. The molecule has 0 radical (unpaired) electrons. The molecule has 18 heavy (non-hydrogen) atoms. The van der Waals surface area contributed by atoms with Crippen molar-refractivity contribution in [3.8, 4) is 5.75 Å². The number of hydrogen-bond acceptors (Lipinski definition) is 3. The van der Waals surface area contributed by atoms with Gasteiger partial charge < -0.3 is 15.0 Å². The number of likely N-dealkylation sites (tertiary alicyclic amines) is 1. The SMILES string of the molecule is COc1ccccc1CCNC1CCN(C)CC1. The molecule has 1 heterocycles. The van der Waals surface area contributed by atoms with Gasteiger partial charge in [-0.25, -0.2) is 0 Å². The van der Waals surface area contributed by atoms with Gasteiger partial charge in [0.1, 0.15) is 5.75 Å². The topological polar surface area (TPSA) is 24.5 Å². The number of nitrogens with zero attached hydrogens (tertiary/aromatic N) is 1. The first-order chi connectivity index (χ1) is 8.79. The molecule has 3 heteroatoms. The third-order valence-corrected chi connectivity index (χ3v) is 3.74. The van der Waals surface area contributed by atoms with Crippen LogP contribution in [-0.2, 0) is 6.42 Å². The van der Waals surface area contributed by atoms with Crippen LogP contribution in [-0.4, -0.2) is 44.7 Å². The molecule has 1 aliphatic heterocycles. The number of rotatable bonds is 5. The maximum absolute atomic E-state index is 5.37. The first kappa shape index (κ1) is 13.4. The highest BCUT2D eigenvalue weighted by molar-refractivity contribution is 5.33. The lowest BCUT2D eigenvalue weighted by Crippen LogP contribution is -2.41. The van der Waals surface area contributed by atoms with E-state index in [9.17, 15) is 0 Å². The summed E-state index contributed by atoms with van der Waals surface area (Å²) < 4.78 is 5.37. The highest BCUT2D eigenvalue weighted by Gasteiger charge is 2.15. The maximum atomic E-state index is 5.37. The molecule has 0 unspecified atom stereocenters. The molecule has 0 amide bonds. The molecule has 0 atom stereocenters. The molecule has 2 rings (SSSR count). The average Bonchev–Trinajstić information content (AvgIpc) is 2.41. The first-order valence-corrected chi connectivity index (χ1v) is 6.83. The van der Waals surface area contributed by atoms with Gasteiger partial charge in [-0.2, -0.15) is 0 Å². The number of methoxy groups -OCH3 is 1. The van der Waals surface area contributed by atoms with Gasteiger partial charge in [-0.1, -0.05) is 18.2 Å². The highest BCUT2D eigenvalue weighted by atomic mass is 16.5. The van der Waals surface area contributed by atoms with E-state index in [4.69, 9.17) is 4.74 Å². The Kier molecular flexibility index (Phi) is 5.02.